The molecule has 1 saturated heterocycles. The van der Waals surface area contributed by atoms with E-state index in [1.54, 1.807) is 6.92 Å². The number of carbonyl (C=O) groups is 2. The van der Waals surface area contributed by atoms with Crippen molar-refractivity contribution in [3.05, 3.63) is 65.0 Å². The molecule has 2 fully saturated rings. The van der Waals surface area contributed by atoms with Gasteiger partial charge in [-0.2, -0.15) is 26.3 Å². The molecule has 2 aromatic rings. The molecule has 1 N–H and O–H groups in total. The highest BCUT2D eigenvalue weighted by Gasteiger charge is 2.73. The van der Waals surface area contributed by atoms with Crippen molar-refractivity contribution in [1.29, 1.82) is 0 Å². The molecule has 1 amide bonds. The maximum atomic E-state index is 14.7. The lowest BCUT2D eigenvalue weighted by atomic mass is 9.81. The predicted octanol–water partition coefficient (Wildman–Crippen LogP) is 6.47. The van der Waals surface area contributed by atoms with Gasteiger partial charge in [-0.3, -0.25) is 9.59 Å². The lowest BCUT2D eigenvalue weighted by Crippen LogP contribution is -2.50. The highest BCUT2D eigenvalue weighted by atomic mass is 32.2. The van der Waals surface area contributed by atoms with Crippen LogP contribution >= 0.6 is 0 Å². The zero-order valence-corrected chi connectivity index (χ0v) is 24.1. The fraction of sp³-hybridized carbons (Fsp3) is 0.517. The zero-order valence-electron chi connectivity index (χ0n) is 23.3. The summed E-state index contributed by atoms with van der Waals surface area (Å²) in [6.45, 7) is 0.881. The smallest absolute Gasteiger partial charge is 0.435 e. The molecule has 1 atom stereocenters. The van der Waals surface area contributed by atoms with Gasteiger partial charge in [-0.25, -0.2) is 17.2 Å². The topological polar surface area (TPSA) is 91.8 Å². The van der Waals surface area contributed by atoms with Gasteiger partial charge in [0, 0.05) is 24.6 Å². The first-order chi connectivity index (χ1) is 20.3. The van der Waals surface area contributed by atoms with E-state index in [9.17, 15) is 58.2 Å². The van der Waals surface area contributed by atoms with E-state index in [0.29, 0.717) is 12.1 Å². The highest BCUT2D eigenvalue weighted by Crippen LogP contribution is 2.54. The minimum Gasteiger partial charge on any atom is -0.481 e. The summed E-state index contributed by atoms with van der Waals surface area (Å²) in [6.07, 6.45) is -12.1. The van der Waals surface area contributed by atoms with Gasteiger partial charge < -0.3 is 10.0 Å². The van der Waals surface area contributed by atoms with Crippen LogP contribution in [0.2, 0.25) is 0 Å². The Labute approximate surface area is 248 Å². The second kappa shape index (κ2) is 11.6. The number of carboxylic acids is 1. The van der Waals surface area contributed by atoms with E-state index in [1.165, 1.54) is 4.90 Å². The molecule has 0 bridgehead atoms. The summed E-state index contributed by atoms with van der Waals surface area (Å²) in [4.78, 5) is 25.6. The molecule has 44 heavy (non-hydrogen) atoms. The van der Waals surface area contributed by atoms with Crippen LogP contribution in [0, 0.1) is 17.7 Å². The van der Waals surface area contributed by atoms with Crippen LogP contribution in [0.1, 0.15) is 55.7 Å². The second-order valence-electron chi connectivity index (χ2n) is 11.2. The van der Waals surface area contributed by atoms with Gasteiger partial charge in [0.1, 0.15) is 10.6 Å². The van der Waals surface area contributed by atoms with Crippen LogP contribution in [0.25, 0.3) is 0 Å². The molecule has 0 aromatic heterocycles. The van der Waals surface area contributed by atoms with Crippen LogP contribution < -0.4 is 0 Å². The molecule has 0 radical (unpaired) electrons. The predicted molar refractivity (Wildman–Crippen MR) is 140 cm³/mol. The minimum absolute atomic E-state index is 0.0373. The van der Waals surface area contributed by atoms with Crippen molar-refractivity contribution < 1.29 is 58.2 Å². The monoisotopic (exact) mass is 655 g/mol. The fourth-order valence-electron chi connectivity index (χ4n) is 6.13. The number of aryl methyl sites for hydroxylation is 1. The first-order valence-electron chi connectivity index (χ1n) is 13.8. The molecular weight excluding hydrogens is 626 g/mol. The molecule has 2 aliphatic rings. The molecule has 242 valence electrons. The number of sulfone groups is 1. The van der Waals surface area contributed by atoms with Crippen molar-refractivity contribution >= 4 is 21.7 Å². The molecule has 4 rings (SSSR count). The fourth-order valence-corrected chi connectivity index (χ4v) is 8.26. The number of alkyl halides is 7. The normalized spacial score (nSPS) is 23.5. The van der Waals surface area contributed by atoms with E-state index in [4.69, 9.17) is 0 Å². The van der Waals surface area contributed by atoms with Gasteiger partial charge in [-0.05, 0) is 67.9 Å². The van der Waals surface area contributed by atoms with Gasteiger partial charge in [0.15, 0.2) is 9.84 Å². The maximum absolute atomic E-state index is 14.7. The van der Waals surface area contributed by atoms with Crippen LogP contribution in [-0.4, -0.2) is 55.7 Å². The number of aliphatic carboxylic acids is 1. The van der Waals surface area contributed by atoms with Crippen molar-refractivity contribution in [3.63, 3.8) is 0 Å². The van der Waals surface area contributed by atoms with Gasteiger partial charge in [-0.1, -0.05) is 31.2 Å². The lowest BCUT2D eigenvalue weighted by Gasteiger charge is -2.33. The SMILES string of the molecule is CCc1cc(S(=O)(=O)C2(c3ccc(C(F)(C(F)(F)F)C(F)(F)F)cc3)CCN(C(=O)C3CCC(C(=O)O)CC3)C2)ccc1F. The first-order valence-corrected chi connectivity index (χ1v) is 15.3. The molecule has 1 aliphatic heterocycles. The molecule has 0 spiro atoms. The van der Waals surface area contributed by atoms with Gasteiger partial charge in [0.05, 0.1) is 10.8 Å². The van der Waals surface area contributed by atoms with Crippen molar-refractivity contribution in [2.75, 3.05) is 13.1 Å². The standard InChI is InChI=1S/C29H29F8NO5S/c1-2-17-15-22(11-12-23(17)30)44(42,43)26(13-14-38(16-26)24(39)18-3-5-19(6-4-18)25(40)41)20-7-9-21(10-8-20)27(31,28(32,33)34)29(35,36)37/h7-12,15,18-19H,2-6,13-14,16H2,1H3,(H,40,41). The largest absolute Gasteiger partial charge is 0.481 e. The summed E-state index contributed by atoms with van der Waals surface area (Å²) in [5.74, 6) is -3.39. The summed E-state index contributed by atoms with van der Waals surface area (Å²) in [5, 5.41) is 9.25. The third-order valence-electron chi connectivity index (χ3n) is 8.78. The van der Waals surface area contributed by atoms with E-state index < -0.39 is 74.2 Å². The van der Waals surface area contributed by atoms with Gasteiger partial charge in [0.25, 0.3) is 0 Å². The van der Waals surface area contributed by atoms with E-state index in [-0.39, 0.29) is 73.2 Å². The van der Waals surface area contributed by atoms with Crippen LogP contribution in [0.4, 0.5) is 35.1 Å². The third kappa shape index (κ3) is 5.56. The molecule has 15 heteroatoms. The molecular formula is C29H29F8NO5S. The summed E-state index contributed by atoms with van der Waals surface area (Å²) in [7, 11) is -4.60. The van der Waals surface area contributed by atoms with E-state index in [1.807, 2.05) is 0 Å². The van der Waals surface area contributed by atoms with E-state index in [2.05, 4.69) is 0 Å². The third-order valence-corrected chi connectivity index (χ3v) is 11.3. The van der Waals surface area contributed by atoms with Crippen LogP contribution in [0.15, 0.2) is 47.4 Å². The summed E-state index contributed by atoms with van der Waals surface area (Å²) < 4.78 is 136. The Bertz CT molecular complexity index is 1500. The molecule has 1 aliphatic carbocycles. The average Bonchev–Trinajstić information content (AvgIpc) is 3.43. The molecule has 1 saturated carbocycles. The Balaban J connectivity index is 1.78. The maximum Gasteiger partial charge on any atom is 0.435 e. The molecule has 6 nitrogen and oxygen atoms in total. The number of rotatable bonds is 7. The van der Waals surface area contributed by atoms with Gasteiger partial charge in [-0.15, -0.1) is 0 Å². The first kappa shape index (κ1) is 33.7. The quantitative estimate of drug-likeness (QED) is 0.273. The number of carbonyl (C=O) groups excluding carboxylic acids is 1. The number of hydrogen-bond acceptors (Lipinski definition) is 4. The number of halogens is 8. The molecule has 1 heterocycles. The van der Waals surface area contributed by atoms with Crippen LogP contribution in [0.5, 0.6) is 0 Å². The summed E-state index contributed by atoms with van der Waals surface area (Å²) >= 11 is 0. The number of benzene rings is 2. The Morgan fingerprint density at radius 3 is 1.95 bits per heavy atom. The highest BCUT2D eigenvalue weighted by molar-refractivity contribution is 7.92. The Morgan fingerprint density at radius 2 is 1.45 bits per heavy atom. The van der Waals surface area contributed by atoms with E-state index in [0.717, 1.165) is 18.2 Å². The Hall–Kier alpha value is -3.23. The van der Waals surface area contributed by atoms with Crippen molar-refractivity contribution in [3.8, 4) is 0 Å². The molecule has 2 aromatic carbocycles. The van der Waals surface area contributed by atoms with Crippen LogP contribution in [0.3, 0.4) is 0 Å². The van der Waals surface area contributed by atoms with Gasteiger partial charge >= 0.3 is 24.0 Å². The summed E-state index contributed by atoms with van der Waals surface area (Å²) in [5.41, 5.74) is -7.77. The molecule has 1 unspecified atom stereocenters. The van der Waals surface area contributed by atoms with Crippen molar-refractivity contribution in [1.82, 2.24) is 4.90 Å². The number of amides is 1. The number of carboxylic acid groups (broad SMARTS) is 1. The number of nitrogens with zero attached hydrogens (tertiary/aromatic N) is 1. The number of likely N-dealkylation sites (tertiary alicyclic amines) is 1. The minimum atomic E-state index is -6.38. The average molecular weight is 656 g/mol. The number of hydrogen-bond donors (Lipinski definition) is 1. The van der Waals surface area contributed by atoms with Crippen molar-refractivity contribution in [2.45, 2.75) is 73.1 Å². The summed E-state index contributed by atoms with van der Waals surface area (Å²) in [6, 6.07) is 4.80. The second-order valence-corrected chi connectivity index (χ2v) is 13.5. The Morgan fingerprint density at radius 1 is 0.909 bits per heavy atom. The van der Waals surface area contributed by atoms with Gasteiger partial charge in [0.2, 0.25) is 5.91 Å². The van der Waals surface area contributed by atoms with Crippen molar-refractivity contribution in [2.24, 2.45) is 11.8 Å². The Kier molecular flexibility index (Phi) is 8.88. The van der Waals surface area contributed by atoms with E-state index >= 15 is 0 Å². The van der Waals surface area contributed by atoms with Crippen LogP contribution in [-0.2, 0) is 36.3 Å². The lowest BCUT2D eigenvalue weighted by molar-refractivity contribution is -0.348. The zero-order chi connectivity index (χ0) is 32.9.